The van der Waals surface area contributed by atoms with Crippen LogP contribution >= 0.6 is 23.2 Å². The third-order valence-corrected chi connectivity index (χ3v) is 5.21. The Hall–Kier alpha value is -3.02. The monoisotopic (exact) mass is 426 g/mol. The molecule has 0 radical (unpaired) electrons. The third kappa shape index (κ3) is 3.79. The van der Waals surface area contributed by atoms with E-state index in [0.717, 1.165) is 16.9 Å². The van der Waals surface area contributed by atoms with Gasteiger partial charge in [0, 0.05) is 21.2 Å². The van der Waals surface area contributed by atoms with Crippen LogP contribution in [0.1, 0.15) is 5.56 Å². The Kier molecular flexibility index (Phi) is 5.43. The molecule has 7 heteroatoms. The van der Waals surface area contributed by atoms with Crippen molar-refractivity contribution >= 4 is 40.5 Å². The first-order valence-corrected chi connectivity index (χ1v) is 9.65. The average Bonchev–Trinajstić information content (AvgIpc) is 2.99. The Balaban J connectivity index is 1.64. The summed E-state index contributed by atoms with van der Waals surface area (Å²) in [6.07, 6.45) is 0. The van der Waals surface area contributed by atoms with Crippen LogP contribution in [0.25, 0.3) is 11.1 Å². The minimum absolute atomic E-state index is 0.00784. The maximum Gasteiger partial charge on any atom is 0.281 e. The fraction of sp³-hybridized carbons (Fsp3) is 0.0909. The molecule has 0 spiro atoms. The van der Waals surface area contributed by atoms with Crippen molar-refractivity contribution in [1.29, 1.82) is 0 Å². The van der Waals surface area contributed by atoms with Crippen molar-refractivity contribution in [3.8, 4) is 16.9 Å². The summed E-state index contributed by atoms with van der Waals surface area (Å²) >= 11 is 12.3. The highest BCUT2D eigenvalue weighted by Gasteiger charge is 2.34. The van der Waals surface area contributed by atoms with Crippen molar-refractivity contribution in [3.63, 3.8) is 0 Å². The number of carbonyl (C=O) groups is 1. The van der Waals surface area contributed by atoms with E-state index in [1.165, 1.54) is 0 Å². The van der Waals surface area contributed by atoms with Crippen LogP contribution in [-0.4, -0.2) is 30.0 Å². The van der Waals surface area contributed by atoms with Gasteiger partial charge in [0.05, 0.1) is 12.2 Å². The van der Waals surface area contributed by atoms with Crippen LogP contribution in [0.3, 0.4) is 0 Å². The minimum atomic E-state index is -0.376. The number of carbonyl (C=O) groups excluding carboxylic acids is 1. The lowest BCUT2D eigenvalue weighted by Crippen LogP contribution is -2.33. The molecule has 3 aromatic carbocycles. The quantitative estimate of drug-likeness (QED) is 0.446. The van der Waals surface area contributed by atoms with Gasteiger partial charge in [0.2, 0.25) is 0 Å². The first-order valence-electron chi connectivity index (χ1n) is 8.90. The Morgan fingerprint density at radius 2 is 1.72 bits per heavy atom. The molecule has 3 aromatic rings. The number of benzene rings is 3. The second-order valence-electron chi connectivity index (χ2n) is 6.42. The predicted molar refractivity (Wildman–Crippen MR) is 115 cm³/mol. The Morgan fingerprint density at radius 3 is 2.45 bits per heavy atom. The fourth-order valence-electron chi connectivity index (χ4n) is 3.29. The maximum atomic E-state index is 12.7. The van der Waals surface area contributed by atoms with Crippen LogP contribution < -0.4 is 9.64 Å². The first kappa shape index (κ1) is 19.3. The molecule has 0 atom stereocenters. The lowest BCUT2D eigenvalue weighted by Gasteiger charge is -2.18. The molecule has 0 fully saturated rings. The maximum absolute atomic E-state index is 12.7. The summed E-state index contributed by atoms with van der Waals surface area (Å²) in [5.74, 6) is 0.343. The Labute approximate surface area is 177 Å². The van der Waals surface area contributed by atoms with Gasteiger partial charge in [-0.15, -0.1) is 0 Å². The van der Waals surface area contributed by atoms with E-state index < -0.39 is 0 Å². The molecular weight excluding hydrogens is 411 g/mol. The standard InChI is InChI=1S/C22H16Cl2N2O3/c23-15-7-9-17(19(24)13-15)14-6-8-18-20(12-14)26(22(27)21(18)25-28)10-11-29-16-4-2-1-3-5-16/h1-9,12-13,28H,10-11H2/b25-21+. The van der Waals surface area contributed by atoms with E-state index in [0.29, 0.717) is 34.4 Å². The number of nitrogens with zero attached hydrogens (tertiary/aromatic N) is 2. The third-order valence-electron chi connectivity index (χ3n) is 4.66. The van der Waals surface area contributed by atoms with Crippen molar-refractivity contribution < 1.29 is 14.7 Å². The summed E-state index contributed by atoms with van der Waals surface area (Å²) < 4.78 is 5.72. The summed E-state index contributed by atoms with van der Waals surface area (Å²) in [5, 5.41) is 13.6. The molecule has 4 rings (SSSR count). The lowest BCUT2D eigenvalue weighted by molar-refractivity contribution is -0.112. The molecule has 0 unspecified atom stereocenters. The lowest BCUT2D eigenvalue weighted by atomic mass is 10.0. The van der Waals surface area contributed by atoms with Crippen LogP contribution in [0.5, 0.6) is 5.75 Å². The molecule has 0 aliphatic carbocycles. The van der Waals surface area contributed by atoms with E-state index >= 15 is 0 Å². The van der Waals surface area contributed by atoms with Gasteiger partial charge in [0.1, 0.15) is 12.4 Å². The summed E-state index contributed by atoms with van der Waals surface area (Å²) in [6.45, 7) is 0.595. The second kappa shape index (κ2) is 8.15. The molecule has 1 N–H and O–H groups in total. The molecule has 1 aliphatic rings. The zero-order chi connectivity index (χ0) is 20.4. The van der Waals surface area contributed by atoms with Crippen molar-refractivity contribution in [1.82, 2.24) is 0 Å². The summed E-state index contributed by atoms with van der Waals surface area (Å²) in [6, 6.07) is 20.0. The molecule has 0 bridgehead atoms. The number of oxime groups is 1. The van der Waals surface area contributed by atoms with Crippen LogP contribution in [0, 0.1) is 0 Å². The molecule has 0 saturated heterocycles. The fourth-order valence-corrected chi connectivity index (χ4v) is 3.81. The number of fused-ring (bicyclic) bond motifs is 1. The highest BCUT2D eigenvalue weighted by molar-refractivity contribution is 6.54. The van der Waals surface area contributed by atoms with Gasteiger partial charge in [-0.2, -0.15) is 0 Å². The molecule has 146 valence electrons. The van der Waals surface area contributed by atoms with Gasteiger partial charge >= 0.3 is 0 Å². The molecule has 0 saturated carbocycles. The van der Waals surface area contributed by atoms with Gasteiger partial charge in [0.15, 0.2) is 5.71 Å². The molecule has 5 nitrogen and oxygen atoms in total. The predicted octanol–water partition coefficient (Wildman–Crippen LogP) is 5.26. The smallest absolute Gasteiger partial charge is 0.281 e. The van der Waals surface area contributed by atoms with Gasteiger partial charge in [-0.25, -0.2) is 0 Å². The minimum Gasteiger partial charge on any atom is -0.492 e. The van der Waals surface area contributed by atoms with Crippen molar-refractivity contribution in [2.24, 2.45) is 5.16 Å². The number of amides is 1. The molecule has 1 aliphatic heterocycles. The number of ether oxygens (including phenoxy) is 1. The highest BCUT2D eigenvalue weighted by Crippen LogP contribution is 2.37. The van der Waals surface area contributed by atoms with Gasteiger partial charge in [-0.05, 0) is 42.0 Å². The number of rotatable bonds is 5. The zero-order valence-electron chi connectivity index (χ0n) is 15.2. The molecule has 29 heavy (non-hydrogen) atoms. The topological polar surface area (TPSA) is 62.1 Å². The van der Waals surface area contributed by atoms with Crippen LogP contribution in [0.15, 0.2) is 71.9 Å². The first-order chi connectivity index (χ1) is 14.1. The van der Waals surface area contributed by atoms with Crippen molar-refractivity contribution in [2.45, 2.75) is 0 Å². The van der Waals surface area contributed by atoms with E-state index in [9.17, 15) is 10.0 Å². The highest BCUT2D eigenvalue weighted by atomic mass is 35.5. The zero-order valence-corrected chi connectivity index (χ0v) is 16.7. The molecular formula is C22H16Cl2N2O3. The van der Waals surface area contributed by atoms with E-state index in [1.54, 1.807) is 23.1 Å². The van der Waals surface area contributed by atoms with Crippen LogP contribution in [-0.2, 0) is 4.79 Å². The van der Waals surface area contributed by atoms with Gasteiger partial charge in [0.25, 0.3) is 5.91 Å². The van der Waals surface area contributed by atoms with Crippen LogP contribution in [0.2, 0.25) is 10.0 Å². The van der Waals surface area contributed by atoms with E-state index in [-0.39, 0.29) is 11.6 Å². The van der Waals surface area contributed by atoms with Gasteiger partial charge in [-0.3, -0.25) is 4.79 Å². The van der Waals surface area contributed by atoms with Gasteiger partial charge < -0.3 is 14.8 Å². The second-order valence-corrected chi connectivity index (χ2v) is 7.27. The SMILES string of the molecule is O=C1/C(=N/O)c2ccc(-c3ccc(Cl)cc3Cl)cc2N1CCOc1ccccc1. The normalized spacial score (nSPS) is 14.3. The molecule has 1 amide bonds. The van der Waals surface area contributed by atoms with E-state index in [4.69, 9.17) is 27.9 Å². The van der Waals surface area contributed by atoms with Crippen LogP contribution in [0.4, 0.5) is 5.69 Å². The molecule has 1 heterocycles. The van der Waals surface area contributed by atoms with E-state index in [2.05, 4.69) is 5.16 Å². The number of anilines is 1. The number of hydrogen-bond acceptors (Lipinski definition) is 4. The number of hydrogen-bond donors (Lipinski definition) is 1. The Morgan fingerprint density at radius 1 is 0.966 bits per heavy atom. The summed E-state index contributed by atoms with van der Waals surface area (Å²) in [4.78, 5) is 14.3. The Bertz CT molecular complexity index is 1100. The van der Waals surface area contributed by atoms with Crippen molar-refractivity contribution in [3.05, 3.63) is 82.3 Å². The van der Waals surface area contributed by atoms with Gasteiger partial charge in [-0.1, -0.05) is 58.7 Å². The largest absolute Gasteiger partial charge is 0.492 e. The number of halogens is 2. The average molecular weight is 427 g/mol. The summed E-state index contributed by atoms with van der Waals surface area (Å²) in [7, 11) is 0. The summed E-state index contributed by atoms with van der Waals surface area (Å²) in [5.41, 5.74) is 2.83. The number of para-hydroxylation sites is 1. The van der Waals surface area contributed by atoms with E-state index in [1.807, 2.05) is 48.5 Å². The van der Waals surface area contributed by atoms with Crippen molar-refractivity contribution in [2.75, 3.05) is 18.1 Å². The molecule has 0 aromatic heterocycles.